The molecule has 2 N–H and O–H groups in total. The van der Waals surface area contributed by atoms with E-state index >= 15 is 0 Å². The predicted octanol–water partition coefficient (Wildman–Crippen LogP) is 3.31. The van der Waals surface area contributed by atoms with Crippen molar-refractivity contribution in [1.29, 1.82) is 0 Å². The van der Waals surface area contributed by atoms with Crippen LogP contribution >= 0.6 is 11.6 Å². The Bertz CT molecular complexity index is 714. The topological polar surface area (TPSA) is 60.8 Å². The molecule has 1 amide bonds. The molecule has 5 heteroatoms. The summed E-state index contributed by atoms with van der Waals surface area (Å²) < 4.78 is 0. The van der Waals surface area contributed by atoms with Crippen molar-refractivity contribution >= 4 is 17.5 Å². The van der Waals surface area contributed by atoms with Crippen molar-refractivity contribution < 1.29 is 15.0 Å². The Hall–Kier alpha value is -2.04. The lowest BCUT2D eigenvalue weighted by molar-refractivity contribution is 0.0704. The molecule has 1 aliphatic carbocycles. The summed E-state index contributed by atoms with van der Waals surface area (Å²) in [6, 6.07) is 13.0. The first-order chi connectivity index (χ1) is 11.1. The van der Waals surface area contributed by atoms with Gasteiger partial charge in [0, 0.05) is 12.6 Å². The van der Waals surface area contributed by atoms with Crippen LogP contribution < -0.4 is 0 Å². The zero-order chi connectivity index (χ0) is 16.4. The fourth-order valence-electron chi connectivity index (χ4n) is 2.66. The van der Waals surface area contributed by atoms with Crippen LogP contribution in [0.1, 0.15) is 23.2 Å². The van der Waals surface area contributed by atoms with Gasteiger partial charge < -0.3 is 15.1 Å². The zero-order valence-corrected chi connectivity index (χ0v) is 13.3. The summed E-state index contributed by atoms with van der Waals surface area (Å²) >= 11 is 6.12. The number of carbonyl (C=O) groups excluding carboxylic acids is 1. The quantitative estimate of drug-likeness (QED) is 0.883. The minimum absolute atomic E-state index is 0.102. The predicted molar refractivity (Wildman–Crippen MR) is 89.7 cm³/mol. The maximum Gasteiger partial charge on any atom is 0.258 e. The first-order valence-corrected chi connectivity index (χ1v) is 7.99. The van der Waals surface area contributed by atoms with E-state index in [-0.39, 0.29) is 41.4 Å². The number of phenolic OH excluding ortho intramolecular Hbond substituents is 1. The van der Waals surface area contributed by atoms with Crippen LogP contribution in [0.3, 0.4) is 0 Å². The molecule has 0 aliphatic heterocycles. The van der Waals surface area contributed by atoms with E-state index in [2.05, 4.69) is 0 Å². The molecular formula is C18H18ClNO3. The van der Waals surface area contributed by atoms with Crippen LogP contribution in [0.15, 0.2) is 42.5 Å². The second-order valence-electron chi connectivity index (χ2n) is 5.67. The minimum atomic E-state index is -0.293. The van der Waals surface area contributed by atoms with E-state index in [9.17, 15) is 15.0 Å². The summed E-state index contributed by atoms with van der Waals surface area (Å²) in [5.41, 5.74) is 1.87. The highest BCUT2D eigenvalue weighted by atomic mass is 35.5. The van der Waals surface area contributed by atoms with Gasteiger partial charge >= 0.3 is 0 Å². The standard InChI is InChI=1S/C18H18ClNO3/c19-16-11-13(12-4-2-1-3-5-12)10-15(17(16)22)18(23)20(8-9-21)14-6-7-14/h1-5,10-11,14,21-22H,6-9H2. The number of hydrogen-bond acceptors (Lipinski definition) is 3. The molecule has 2 aromatic rings. The van der Waals surface area contributed by atoms with Crippen molar-refractivity contribution in [1.82, 2.24) is 4.90 Å². The van der Waals surface area contributed by atoms with Crippen molar-refractivity contribution in [2.24, 2.45) is 0 Å². The molecule has 23 heavy (non-hydrogen) atoms. The zero-order valence-electron chi connectivity index (χ0n) is 12.6. The number of halogens is 1. The normalized spacial score (nSPS) is 13.8. The van der Waals surface area contributed by atoms with Gasteiger partial charge in [-0.2, -0.15) is 0 Å². The van der Waals surface area contributed by atoms with Crippen molar-refractivity contribution in [2.75, 3.05) is 13.2 Å². The summed E-state index contributed by atoms with van der Waals surface area (Å²) in [5.74, 6) is -0.501. The van der Waals surface area contributed by atoms with Crippen molar-refractivity contribution in [2.45, 2.75) is 18.9 Å². The number of aromatic hydroxyl groups is 1. The molecule has 1 saturated carbocycles. The smallest absolute Gasteiger partial charge is 0.258 e. The van der Waals surface area contributed by atoms with Crippen molar-refractivity contribution in [3.63, 3.8) is 0 Å². The third-order valence-corrected chi connectivity index (χ3v) is 4.28. The number of benzene rings is 2. The summed E-state index contributed by atoms with van der Waals surface area (Å²) in [6.07, 6.45) is 1.86. The Morgan fingerprint density at radius 2 is 1.87 bits per heavy atom. The van der Waals surface area contributed by atoms with Crippen LogP contribution in [0.2, 0.25) is 5.02 Å². The lowest BCUT2D eigenvalue weighted by Gasteiger charge is -2.22. The number of aliphatic hydroxyl groups is 1. The first-order valence-electron chi connectivity index (χ1n) is 7.61. The van der Waals surface area contributed by atoms with Gasteiger partial charge in [0.15, 0.2) is 0 Å². The third kappa shape index (κ3) is 3.33. The number of rotatable bonds is 5. The average molecular weight is 332 g/mol. The molecule has 2 aromatic carbocycles. The molecule has 0 saturated heterocycles. The largest absolute Gasteiger partial charge is 0.506 e. The molecule has 0 radical (unpaired) electrons. The van der Waals surface area contributed by atoms with Gasteiger partial charge in [0.2, 0.25) is 0 Å². The molecule has 0 aromatic heterocycles. The summed E-state index contributed by atoms with van der Waals surface area (Å²) in [7, 11) is 0. The van der Waals surface area contributed by atoms with E-state index in [1.807, 2.05) is 30.3 Å². The number of amides is 1. The molecule has 0 atom stereocenters. The molecule has 0 spiro atoms. The molecule has 0 heterocycles. The highest BCUT2D eigenvalue weighted by Gasteiger charge is 2.34. The highest BCUT2D eigenvalue weighted by molar-refractivity contribution is 6.33. The van der Waals surface area contributed by atoms with E-state index in [0.29, 0.717) is 0 Å². The number of phenols is 1. The van der Waals surface area contributed by atoms with Crippen LogP contribution in [0, 0.1) is 0 Å². The number of carbonyl (C=O) groups is 1. The monoisotopic (exact) mass is 331 g/mol. The van der Waals surface area contributed by atoms with Gasteiger partial charge in [-0.1, -0.05) is 41.9 Å². The van der Waals surface area contributed by atoms with Gasteiger partial charge in [-0.3, -0.25) is 4.79 Å². The summed E-state index contributed by atoms with van der Waals surface area (Å²) in [6.45, 7) is 0.158. The molecule has 1 aliphatic rings. The first kappa shape index (κ1) is 15.8. The average Bonchev–Trinajstić information content (AvgIpc) is 3.40. The Labute approximate surface area is 139 Å². The Morgan fingerprint density at radius 1 is 1.17 bits per heavy atom. The number of aliphatic hydroxyl groups excluding tert-OH is 1. The van der Waals surface area contributed by atoms with Gasteiger partial charge in [0.05, 0.1) is 17.2 Å². The lowest BCUT2D eigenvalue weighted by Crippen LogP contribution is -2.35. The highest BCUT2D eigenvalue weighted by Crippen LogP contribution is 2.36. The SMILES string of the molecule is O=C(c1cc(-c2ccccc2)cc(Cl)c1O)N(CCO)C1CC1. The van der Waals surface area contributed by atoms with Gasteiger partial charge in [-0.25, -0.2) is 0 Å². The molecule has 3 rings (SSSR count). The molecule has 1 fully saturated rings. The fourth-order valence-corrected chi connectivity index (χ4v) is 2.88. The minimum Gasteiger partial charge on any atom is -0.506 e. The molecular weight excluding hydrogens is 314 g/mol. The maximum absolute atomic E-state index is 12.8. The van der Waals surface area contributed by atoms with E-state index in [1.54, 1.807) is 17.0 Å². The summed E-state index contributed by atoms with van der Waals surface area (Å²) in [4.78, 5) is 14.4. The van der Waals surface area contributed by atoms with Gasteiger partial charge in [-0.15, -0.1) is 0 Å². The number of nitrogens with zero attached hydrogens (tertiary/aromatic N) is 1. The van der Waals surface area contributed by atoms with Gasteiger partial charge in [0.1, 0.15) is 5.75 Å². The fraction of sp³-hybridized carbons (Fsp3) is 0.278. The second kappa shape index (κ2) is 6.60. The van der Waals surface area contributed by atoms with E-state index in [4.69, 9.17) is 11.6 Å². The maximum atomic E-state index is 12.8. The Morgan fingerprint density at radius 3 is 2.48 bits per heavy atom. The third-order valence-electron chi connectivity index (χ3n) is 3.99. The number of hydrogen-bond donors (Lipinski definition) is 2. The second-order valence-corrected chi connectivity index (χ2v) is 6.08. The van der Waals surface area contributed by atoms with Gasteiger partial charge in [0.25, 0.3) is 5.91 Å². The van der Waals surface area contributed by atoms with Crippen LogP contribution in [0.5, 0.6) is 5.75 Å². The van der Waals surface area contributed by atoms with E-state index in [1.165, 1.54) is 0 Å². The van der Waals surface area contributed by atoms with Crippen LogP contribution in [-0.2, 0) is 0 Å². The van der Waals surface area contributed by atoms with E-state index in [0.717, 1.165) is 24.0 Å². The lowest BCUT2D eigenvalue weighted by atomic mass is 10.0. The van der Waals surface area contributed by atoms with Crippen molar-refractivity contribution in [3.05, 3.63) is 53.1 Å². The van der Waals surface area contributed by atoms with Crippen molar-refractivity contribution in [3.8, 4) is 16.9 Å². The van der Waals surface area contributed by atoms with Crippen LogP contribution in [-0.4, -0.2) is 40.2 Å². The van der Waals surface area contributed by atoms with Crippen LogP contribution in [0.25, 0.3) is 11.1 Å². The Kier molecular flexibility index (Phi) is 4.55. The van der Waals surface area contributed by atoms with E-state index < -0.39 is 0 Å². The summed E-state index contributed by atoms with van der Waals surface area (Å²) in [5, 5.41) is 19.5. The molecule has 120 valence electrons. The Balaban J connectivity index is 2.01. The molecule has 0 bridgehead atoms. The van der Waals surface area contributed by atoms with Crippen LogP contribution in [0.4, 0.5) is 0 Å². The molecule has 4 nitrogen and oxygen atoms in total. The molecule has 0 unspecified atom stereocenters. The van der Waals surface area contributed by atoms with Gasteiger partial charge in [-0.05, 0) is 36.1 Å².